The van der Waals surface area contributed by atoms with Gasteiger partial charge in [-0.15, -0.1) is 0 Å². The second-order valence-corrected chi connectivity index (χ2v) is 8.13. The maximum atomic E-state index is 12.3. The molecule has 1 aromatic rings. The lowest BCUT2D eigenvalue weighted by molar-refractivity contribution is -0.119. The molecule has 7 heteroatoms. The van der Waals surface area contributed by atoms with Gasteiger partial charge in [-0.25, -0.2) is 9.98 Å². The number of allylic oxidation sites excluding steroid dienone is 3. The first-order valence-electron chi connectivity index (χ1n) is 10.1. The number of carbonyl (C=O) groups excluding carboxylic acids is 1. The number of anilines is 1. The van der Waals surface area contributed by atoms with Crippen LogP contribution in [0.25, 0.3) is 0 Å². The van der Waals surface area contributed by atoms with Gasteiger partial charge in [0.1, 0.15) is 5.78 Å². The Labute approximate surface area is 176 Å². The van der Waals surface area contributed by atoms with Crippen molar-refractivity contribution in [3.63, 3.8) is 0 Å². The van der Waals surface area contributed by atoms with Crippen LogP contribution in [0.4, 0.5) is 5.69 Å². The molecular weight excluding hydrogens is 386 g/mol. The number of hydrogen-bond donors (Lipinski definition) is 1. The predicted molar refractivity (Wildman–Crippen MR) is 119 cm³/mol. The molecule has 3 aliphatic rings. The number of carbonyl (C=O) groups is 1. The van der Waals surface area contributed by atoms with Gasteiger partial charge in [0.2, 0.25) is 5.96 Å². The number of halogens is 1. The topological polar surface area (TPSA) is 60.3 Å². The van der Waals surface area contributed by atoms with Gasteiger partial charge in [-0.2, -0.15) is 0 Å². The Morgan fingerprint density at radius 2 is 2.14 bits per heavy atom. The van der Waals surface area contributed by atoms with Crippen molar-refractivity contribution in [3.8, 4) is 0 Å². The number of hydrogen-bond acceptors (Lipinski definition) is 6. The Kier molecular flexibility index (Phi) is 5.72. The van der Waals surface area contributed by atoms with Crippen molar-refractivity contribution in [1.29, 1.82) is 0 Å². The molecule has 4 rings (SSSR count). The lowest BCUT2D eigenvalue weighted by Gasteiger charge is -2.39. The lowest BCUT2D eigenvalue weighted by atomic mass is 9.72. The van der Waals surface area contributed by atoms with E-state index in [1.54, 1.807) is 4.42 Å². The Bertz CT molecular complexity index is 892. The van der Waals surface area contributed by atoms with Gasteiger partial charge in [0.25, 0.3) is 0 Å². The Hall–Kier alpha value is -2.60. The van der Waals surface area contributed by atoms with Crippen LogP contribution in [0.3, 0.4) is 0 Å². The third-order valence-electron chi connectivity index (χ3n) is 5.71. The van der Waals surface area contributed by atoms with Crippen LogP contribution in [0.2, 0.25) is 0 Å². The Morgan fingerprint density at radius 3 is 2.97 bits per heavy atom. The van der Waals surface area contributed by atoms with E-state index in [4.69, 9.17) is 16.8 Å². The number of rotatable bonds is 5. The minimum atomic E-state index is -0.525. The number of guanidine groups is 1. The molecule has 1 saturated heterocycles. The molecule has 1 fully saturated rings. The van der Waals surface area contributed by atoms with E-state index in [0.717, 1.165) is 30.9 Å². The third kappa shape index (κ3) is 4.08. The fourth-order valence-electron chi connectivity index (χ4n) is 4.09. The molecule has 1 aromatic carbocycles. The highest BCUT2D eigenvalue weighted by molar-refractivity contribution is 6.17. The summed E-state index contributed by atoms with van der Waals surface area (Å²) in [5, 5.41) is 3.34. The summed E-state index contributed by atoms with van der Waals surface area (Å²) in [6, 6.07) is 10.3. The Morgan fingerprint density at radius 1 is 1.31 bits per heavy atom. The van der Waals surface area contributed by atoms with Gasteiger partial charge in [0.15, 0.2) is 0 Å². The smallest absolute Gasteiger partial charge is 0.218 e. The van der Waals surface area contributed by atoms with E-state index >= 15 is 0 Å². The zero-order valence-electron chi connectivity index (χ0n) is 16.6. The largest absolute Gasteiger partial charge is 0.375 e. The van der Waals surface area contributed by atoms with Gasteiger partial charge < -0.3 is 10.2 Å². The van der Waals surface area contributed by atoms with Gasteiger partial charge in [-0.3, -0.25) is 9.21 Å². The first-order chi connectivity index (χ1) is 14.1. The van der Waals surface area contributed by atoms with Gasteiger partial charge in [0.05, 0.1) is 17.7 Å². The summed E-state index contributed by atoms with van der Waals surface area (Å²) >= 11 is 6.45. The van der Waals surface area contributed by atoms with Crippen LogP contribution in [-0.4, -0.2) is 55.1 Å². The lowest BCUT2D eigenvalue weighted by Crippen LogP contribution is -2.45. The zero-order valence-corrected chi connectivity index (χ0v) is 17.4. The van der Waals surface area contributed by atoms with Crippen molar-refractivity contribution in [1.82, 2.24) is 9.74 Å². The minimum Gasteiger partial charge on any atom is -0.375 e. The number of para-hydroxylation sites is 1. The van der Waals surface area contributed by atoms with Crippen molar-refractivity contribution >= 4 is 34.9 Å². The summed E-state index contributed by atoms with van der Waals surface area (Å²) in [7, 11) is 2.10. The van der Waals surface area contributed by atoms with Crippen molar-refractivity contribution in [2.24, 2.45) is 15.4 Å². The van der Waals surface area contributed by atoms with E-state index in [0.29, 0.717) is 31.9 Å². The van der Waals surface area contributed by atoms with Gasteiger partial charge in [-0.05, 0) is 30.7 Å². The van der Waals surface area contributed by atoms with E-state index in [1.807, 2.05) is 36.4 Å². The molecule has 0 bridgehead atoms. The summed E-state index contributed by atoms with van der Waals surface area (Å²) in [6.45, 7) is 2.74. The number of aliphatic imine (C=N–C) groups is 2. The number of benzene rings is 1. The summed E-state index contributed by atoms with van der Waals surface area (Å²) in [5.41, 5.74) is 2.48. The maximum Gasteiger partial charge on any atom is 0.218 e. The summed E-state index contributed by atoms with van der Waals surface area (Å²) in [6.07, 6.45) is 7.75. The average Bonchev–Trinajstić information content (AvgIpc) is 2.87. The molecular formula is C22H26ClN5O. The molecule has 1 atom stereocenters. The summed E-state index contributed by atoms with van der Waals surface area (Å²) in [4.78, 5) is 24.0. The van der Waals surface area contributed by atoms with E-state index in [1.165, 1.54) is 5.69 Å². The Balaban J connectivity index is 1.37. The van der Waals surface area contributed by atoms with Crippen LogP contribution in [0.1, 0.15) is 19.3 Å². The van der Waals surface area contributed by atoms with Crippen LogP contribution in [0.15, 0.2) is 64.2 Å². The highest BCUT2D eigenvalue weighted by atomic mass is 35.5. The molecule has 1 aliphatic carbocycles. The SMILES string of the molecule is CN(CCCNC1=NCC23CC(=O)CCN(Cl)C2=CC=CC3=N1)c1ccccc1. The van der Waals surface area contributed by atoms with Gasteiger partial charge in [0, 0.05) is 62.7 Å². The van der Waals surface area contributed by atoms with Crippen LogP contribution in [0, 0.1) is 5.41 Å². The maximum absolute atomic E-state index is 12.3. The molecule has 0 aromatic heterocycles. The molecule has 1 spiro atoms. The molecule has 0 radical (unpaired) electrons. The van der Waals surface area contributed by atoms with E-state index in [2.05, 4.69) is 34.4 Å². The number of ketones is 1. The molecule has 1 N–H and O–H groups in total. The molecule has 2 aliphatic heterocycles. The highest BCUT2D eigenvalue weighted by Crippen LogP contribution is 2.43. The van der Waals surface area contributed by atoms with Crippen molar-refractivity contribution in [3.05, 3.63) is 54.3 Å². The third-order valence-corrected chi connectivity index (χ3v) is 6.06. The first kappa shape index (κ1) is 19.7. The number of nitrogens with one attached hydrogen (secondary N) is 1. The van der Waals surface area contributed by atoms with Crippen molar-refractivity contribution in [2.45, 2.75) is 19.3 Å². The molecule has 2 heterocycles. The second-order valence-electron chi connectivity index (χ2n) is 7.72. The highest BCUT2D eigenvalue weighted by Gasteiger charge is 2.47. The number of nitrogens with zero attached hydrogens (tertiary/aromatic N) is 4. The summed E-state index contributed by atoms with van der Waals surface area (Å²) in [5.74, 6) is 0.842. The van der Waals surface area contributed by atoms with E-state index in [9.17, 15) is 4.79 Å². The van der Waals surface area contributed by atoms with Crippen LogP contribution < -0.4 is 10.2 Å². The number of Topliss-reactive ketones (excluding diaryl/α,β-unsaturated/α-hetero) is 1. The first-order valence-corrected chi connectivity index (χ1v) is 10.4. The molecule has 0 saturated carbocycles. The standard InChI is InChI=1S/C22H26ClN5O/c1-27(17-7-3-2-4-8-17)13-6-12-24-21-25-16-22-15-18(29)11-14-28(23)20(22)10-5-9-19(22)26-21/h2-5,7-10H,6,11-16H2,1H3,(H,24,25). The van der Waals surface area contributed by atoms with Crippen LogP contribution >= 0.6 is 11.8 Å². The van der Waals surface area contributed by atoms with Gasteiger partial charge >= 0.3 is 0 Å². The molecule has 0 amide bonds. The fraction of sp³-hybridized carbons (Fsp3) is 0.409. The minimum absolute atomic E-state index is 0.206. The fourth-order valence-corrected chi connectivity index (χ4v) is 4.39. The zero-order chi connectivity index (χ0) is 20.3. The second kappa shape index (κ2) is 8.41. The normalized spacial score (nSPS) is 23.3. The van der Waals surface area contributed by atoms with Gasteiger partial charge in [-0.1, -0.05) is 24.3 Å². The van der Waals surface area contributed by atoms with Crippen LogP contribution in [0.5, 0.6) is 0 Å². The van der Waals surface area contributed by atoms with E-state index in [-0.39, 0.29) is 5.78 Å². The average molecular weight is 412 g/mol. The predicted octanol–water partition coefficient (Wildman–Crippen LogP) is 3.17. The summed E-state index contributed by atoms with van der Waals surface area (Å²) < 4.78 is 1.66. The molecule has 1 unspecified atom stereocenters. The molecule has 152 valence electrons. The molecule has 29 heavy (non-hydrogen) atoms. The van der Waals surface area contributed by atoms with E-state index < -0.39 is 5.41 Å². The van der Waals surface area contributed by atoms with Crippen molar-refractivity contribution < 1.29 is 4.79 Å². The van der Waals surface area contributed by atoms with Crippen molar-refractivity contribution in [2.75, 3.05) is 38.1 Å². The van der Waals surface area contributed by atoms with Crippen LogP contribution in [-0.2, 0) is 4.79 Å². The molecule has 6 nitrogen and oxygen atoms in total. The monoisotopic (exact) mass is 411 g/mol. The quantitative estimate of drug-likeness (QED) is 0.597.